The van der Waals surface area contributed by atoms with Gasteiger partial charge in [0.1, 0.15) is 11.2 Å². The second-order valence-electron chi connectivity index (χ2n) is 13.5. The quantitative estimate of drug-likeness (QED) is 0.175. The van der Waals surface area contributed by atoms with Crippen molar-refractivity contribution in [3.05, 3.63) is 194 Å². The van der Waals surface area contributed by atoms with Crippen LogP contribution in [0.4, 0.5) is 0 Å². The van der Waals surface area contributed by atoms with Gasteiger partial charge in [0.25, 0.3) is 0 Å². The molecule has 12 rings (SSSR count). The molecular formula is C53H32N4O. The summed E-state index contributed by atoms with van der Waals surface area (Å²) in [5, 5.41) is -1.05. The minimum atomic E-state index is -0.722. The van der Waals surface area contributed by atoms with Crippen LogP contribution in [0.2, 0.25) is 0 Å². The normalized spacial score (nSPS) is 15.7. The number of aromatic nitrogens is 4. The molecule has 0 saturated carbocycles. The van der Waals surface area contributed by atoms with Gasteiger partial charge in [-0.15, -0.1) is 0 Å². The molecule has 5 heteroatoms. The van der Waals surface area contributed by atoms with E-state index >= 15 is 0 Å². The first-order valence-corrected chi connectivity index (χ1v) is 18.2. The van der Waals surface area contributed by atoms with E-state index in [0.717, 1.165) is 15.7 Å². The van der Waals surface area contributed by atoms with Crippen molar-refractivity contribution in [2.24, 2.45) is 0 Å². The first kappa shape index (κ1) is 20.3. The summed E-state index contributed by atoms with van der Waals surface area (Å²) in [6.07, 6.45) is 0. The Labute approximate surface area is 355 Å². The van der Waals surface area contributed by atoms with Crippen molar-refractivity contribution in [3.63, 3.8) is 0 Å². The third-order valence-electron chi connectivity index (χ3n) is 10.1. The SMILES string of the molecule is [2H]c1c([2H])c(-n2c3c([2H])c4c([2H])c([2H])c([2H])c([2H])c4c([2H])c3c3c([2H])c4c([2H])c([2H])c([2H])c([2H])c4c([2H])c32)c([2H])c([2H])c1-c1ccc2c(c1)oc1cccc(-c3nc(-c4ccccc4)nc(-c4ccccc4)n3)c12. The largest absolute Gasteiger partial charge is 0.456 e. The Balaban J connectivity index is 1.11. The van der Waals surface area contributed by atoms with Crippen molar-refractivity contribution < 1.29 is 26.3 Å². The van der Waals surface area contributed by atoms with E-state index in [1.165, 1.54) is 0 Å². The third-order valence-corrected chi connectivity index (χ3v) is 10.1. The van der Waals surface area contributed by atoms with E-state index in [9.17, 15) is 11.0 Å². The van der Waals surface area contributed by atoms with E-state index in [-0.39, 0.29) is 21.9 Å². The Hall–Kier alpha value is -7.89. The zero-order chi connectivity index (χ0) is 52.1. The highest BCUT2D eigenvalue weighted by Gasteiger charge is 2.19. The second kappa shape index (κ2) is 12.8. The van der Waals surface area contributed by atoms with Crippen molar-refractivity contribution in [1.29, 1.82) is 0 Å². The lowest BCUT2D eigenvalue weighted by Crippen LogP contribution is -2.00. The standard InChI is InChI=1S/C53H32N4O/c1-3-12-34(13-4-1)51-54-52(35-14-5-2-6-15-35)56-53(55-51)43-20-11-21-48-50(43)42-27-24-40(32-49(42)58-48)33-22-25-41(26-23-33)57-46-30-38-18-9-7-16-36(38)28-44(46)45-29-37-17-8-10-19-39(37)31-47(45)57/h1-32H/i7D,8D,9D,10D,16D,17D,18D,19D,22D,23D,25D,26D,28D,29D,30D,31D. The zero-order valence-corrected chi connectivity index (χ0v) is 29.9. The van der Waals surface area contributed by atoms with Gasteiger partial charge in [0, 0.05) is 43.9 Å². The number of hydrogen-bond acceptors (Lipinski definition) is 4. The van der Waals surface area contributed by atoms with Crippen molar-refractivity contribution in [2.45, 2.75) is 0 Å². The average Bonchev–Trinajstić information content (AvgIpc) is 4.01. The second-order valence-corrected chi connectivity index (χ2v) is 13.5. The van der Waals surface area contributed by atoms with Gasteiger partial charge >= 0.3 is 0 Å². The van der Waals surface area contributed by atoms with Gasteiger partial charge in [-0.25, -0.2) is 15.0 Å². The van der Waals surface area contributed by atoms with Crippen molar-refractivity contribution >= 4 is 65.3 Å². The minimum Gasteiger partial charge on any atom is -0.456 e. The smallest absolute Gasteiger partial charge is 0.164 e. The summed E-state index contributed by atoms with van der Waals surface area (Å²) < 4.78 is 153. The number of fused-ring (bicyclic) bond motifs is 8. The molecule has 9 aromatic carbocycles. The van der Waals surface area contributed by atoms with Crippen molar-refractivity contribution in [1.82, 2.24) is 19.5 Å². The highest BCUT2D eigenvalue weighted by Crippen LogP contribution is 2.40. The van der Waals surface area contributed by atoms with Crippen LogP contribution in [0, 0.1) is 0 Å². The lowest BCUT2D eigenvalue weighted by Gasteiger charge is -2.10. The molecule has 0 saturated heterocycles. The predicted octanol–water partition coefficient (Wildman–Crippen LogP) is 13.8. The Morgan fingerprint density at radius 3 is 1.57 bits per heavy atom. The molecule has 3 heterocycles. The Morgan fingerprint density at radius 2 is 0.983 bits per heavy atom. The van der Waals surface area contributed by atoms with E-state index in [4.69, 9.17) is 30.3 Å². The molecule has 0 N–H and O–H groups in total. The Morgan fingerprint density at radius 1 is 0.431 bits per heavy atom. The third kappa shape index (κ3) is 5.21. The summed E-state index contributed by atoms with van der Waals surface area (Å²) in [6, 6.07) is 18.7. The Kier molecular flexibility index (Phi) is 4.50. The first-order chi connectivity index (χ1) is 35.4. The summed E-state index contributed by atoms with van der Waals surface area (Å²) >= 11 is 0. The molecule has 0 aliphatic heterocycles. The number of benzene rings is 9. The van der Waals surface area contributed by atoms with Gasteiger partial charge in [-0.3, -0.25) is 0 Å². The van der Waals surface area contributed by atoms with E-state index < -0.39 is 135 Å². The number of hydrogen-bond donors (Lipinski definition) is 0. The molecule has 0 fully saturated rings. The summed E-state index contributed by atoms with van der Waals surface area (Å²) in [5.41, 5.74) is 1.66. The van der Waals surface area contributed by atoms with E-state index in [1.54, 1.807) is 30.3 Å². The first-order valence-electron chi connectivity index (χ1n) is 26.2. The summed E-state index contributed by atoms with van der Waals surface area (Å²) in [7, 11) is 0. The van der Waals surface area contributed by atoms with Crippen molar-refractivity contribution in [2.75, 3.05) is 0 Å². The van der Waals surface area contributed by atoms with Gasteiger partial charge in [0.05, 0.1) is 33.0 Å². The molecule has 58 heavy (non-hydrogen) atoms. The lowest BCUT2D eigenvalue weighted by atomic mass is 10.0. The molecule has 0 spiro atoms. The zero-order valence-electron chi connectivity index (χ0n) is 45.9. The molecule has 270 valence electrons. The molecule has 0 bridgehead atoms. The molecular weight excluding hydrogens is 709 g/mol. The fraction of sp³-hybridized carbons (Fsp3) is 0. The molecule has 5 nitrogen and oxygen atoms in total. The molecule has 12 aromatic rings. The van der Waals surface area contributed by atoms with Gasteiger partial charge in [-0.2, -0.15) is 0 Å². The van der Waals surface area contributed by atoms with Crippen LogP contribution < -0.4 is 0 Å². The van der Waals surface area contributed by atoms with E-state index in [2.05, 4.69) is 0 Å². The summed E-state index contributed by atoms with van der Waals surface area (Å²) in [6.45, 7) is 0. The van der Waals surface area contributed by atoms with Gasteiger partial charge in [0.15, 0.2) is 17.5 Å². The highest BCUT2D eigenvalue weighted by molar-refractivity contribution is 6.17. The van der Waals surface area contributed by atoms with Crippen LogP contribution >= 0.6 is 0 Å². The maximum absolute atomic E-state index is 9.62. The number of nitrogens with zero attached hydrogens (tertiary/aromatic N) is 4. The van der Waals surface area contributed by atoms with Gasteiger partial charge in [-0.1, -0.05) is 139 Å². The molecule has 0 unspecified atom stereocenters. The predicted molar refractivity (Wildman–Crippen MR) is 238 cm³/mol. The topological polar surface area (TPSA) is 56.7 Å². The van der Waals surface area contributed by atoms with Crippen LogP contribution in [-0.2, 0) is 0 Å². The van der Waals surface area contributed by atoms with Crippen LogP contribution in [0.25, 0.3) is 116 Å². The highest BCUT2D eigenvalue weighted by atomic mass is 16.3. The summed E-state index contributed by atoms with van der Waals surface area (Å²) in [5.74, 6) is 1.28. The lowest BCUT2D eigenvalue weighted by molar-refractivity contribution is 0.669. The monoisotopic (exact) mass is 756 g/mol. The van der Waals surface area contributed by atoms with E-state index in [1.807, 2.05) is 66.7 Å². The van der Waals surface area contributed by atoms with E-state index in [0.29, 0.717) is 45.0 Å². The number of rotatable bonds is 5. The van der Waals surface area contributed by atoms with Crippen molar-refractivity contribution in [3.8, 4) is 51.0 Å². The van der Waals surface area contributed by atoms with Gasteiger partial charge < -0.3 is 8.98 Å². The molecule has 0 amide bonds. The fourth-order valence-electron chi connectivity index (χ4n) is 7.42. The molecule has 0 atom stereocenters. The summed E-state index contributed by atoms with van der Waals surface area (Å²) in [4.78, 5) is 14.7. The van der Waals surface area contributed by atoms with Gasteiger partial charge in [-0.05, 0) is 87.1 Å². The van der Waals surface area contributed by atoms with Gasteiger partial charge in [0.2, 0.25) is 0 Å². The maximum Gasteiger partial charge on any atom is 0.164 e. The van der Waals surface area contributed by atoms with Crippen LogP contribution in [0.5, 0.6) is 0 Å². The molecule has 0 aliphatic carbocycles. The Bertz CT molecular complexity index is 4290. The number of furan rings is 1. The molecule has 0 radical (unpaired) electrons. The van der Waals surface area contributed by atoms with Crippen LogP contribution in [0.15, 0.2) is 198 Å². The van der Waals surface area contributed by atoms with Crippen LogP contribution in [0.1, 0.15) is 21.9 Å². The molecule has 3 aromatic heterocycles. The van der Waals surface area contributed by atoms with Crippen LogP contribution in [0.3, 0.4) is 0 Å². The molecule has 0 aliphatic rings. The maximum atomic E-state index is 9.62. The minimum absolute atomic E-state index is 0.164. The average molecular weight is 757 g/mol. The van der Waals surface area contributed by atoms with Crippen LogP contribution in [-0.4, -0.2) is 19.5 Å². The fourth-order valence-corrected chi connectivity index (χ4v) is 7.42.